The number of carbonyl (C=O) groups is 1. The Hall–Kier alpha value is -1.59. The lowest BCUT2D eigenvalue weighted by Crippen LogP contribution is -2.20. The Morgan fingerprint density at radius 3 is 2.76 bits per heavy atom. The van der Waals surface area contributed by atoms with Crippen LogP contribution in [0.2, 0.25) is 5.02 Å². The number of hydrogen-bond acceptors (Lipinski definition) is 2. The molecule has 0 saturated heterocycles. The Bertz CT molecular complexity index is 679. The molecule has 0 atom stereocenters. The van der Waals surface area contributed by atoms with Gasteiger partial charge in [-0.25, -0.2) is 4.39 Å². The van der Waals surface area contributed by atoms with Gasteiger partial charge in [-0.05, 0) is 48.9 Å². The van der Waals surface area contributed by atoms with Gasteiger partial charge in [0.05, 0.1) is 5.02 Å². The minimum absolute atomic E-state index is 0.127. The second-order valence-corrected chi connectivity index (χ2v) is 5.69. The molecule has 21 heavy (non-hydrogen) atoms. The van der Waals surface area contributed by atoms with Crippen LogP contribution >= 0.6 is 27.5 Å². The molecule has 0 fully saturated rings. The van der Waals surface area contributed by atoms with Gasteiger partial charge < -0.3 is 10.1 Å². The van der Waals surface area contributed by atoms with E-state index in [0.717, 1.165) is 16.1 Å². The van der Waals surface area contributed by atoms with Crippen LogP contribution in [0.25, 0.3) is 0 Å². The van der Waals surface area contributed by atoms with Crippen LogP contribution in [0.5, 0.6) is 5.75 Å². The van der Waals surface area contributed by atoms with Crippen LogP contribution in [0.15, 0.2) is 40.9 Å². The molecule has 0 heterocycles. The highest BCUT2D eigenvalue weighted by atomic mass is 79.9. The van der Waals surface area contributed by atoms with Gasteiger partial charge in [0.2, 0.25) is 0 Å². The number of amides is 1. The molecule has 0 saturated carbocycles. The molecule has 110 valence electrons. The minimum atomic E-state index is -0.456. The van der Waals surface area contributed by atoms with E-state index in [0.29, 0.717) is 5.69 Å². The van der Waals surface area contributed by atoms with Crippen LogP contribution in [-0.2, 0) is 4.79 Å². The summed E-state index contributed by atoms with van der Waals surface area (Å²) in [7, 11) is 0. The van der Waals surface area contributed by atoms with Gasteiger partial charge in [0.25, 0.3) is 5.91 Å². The van der Waals surface area contributed by atoms with Crippen molar-refractivity contribution in [1.82, 2.24) is 0 Å². The van der Waals surface area contributed by atoms with Gasteiger partial charge in [-0.3, -0.25) is 4.79 Å². The first-order valence-electron chi connectivity index (χ1n) is 6.09. The van der Waals surface area contributed by atoms with Crippen molar-refractivity contribution in [1.29, 1.82) is 0 Å². The summed E-state index contributed by atoms with van der Waals surface area (Å²) in [6.07, 6.45) is 0. The maximum absolute atomic E-state index is 12.9. The van der Waals surface area contributed by atoms with E-state index in [9.17, 15) is 9.18 Å². The third kappa shape index (κ3) is 4.44. The largest absolute Gasteiger partial charge is 0.482 e. The molecule has 1 amide bonds. The maximum atomic E-state index is 12.9. The van der Waals surface area contributed by atoms with E-state index in [2.05, 4.69) is 21.2 Å². The number of benzene rings is 2. The number of hydrogen-bond donors (Lipinski definition) is 1. The fraction of sp³-hybridized carbons (Fsp3) is 0.133. The Balaban J connectivity index is 1.96. The van der Waals surface area contributed by atoms with Gasteiger partial charge >= 0.3 is 0 Å². The first-order valence-corrected chi connectivity index (χ1v) is 7.26. The van der Waals surface area contributed by atoms with Crippen molar-refractivity contribution in [2.45, 2.75) is 6.92 Å². The Labute approximate surface area is 135 Å². The highest BCUT2D eigenvalue weighted by Crippen LogP contribution is 2.25. The second kappa shape index (κ2) is 6.91. The van der Waals surface area contributed by atoms with Crippen molar-refractivity contribution in [2.24, 2.45) is 0 Å². The lowest BCUT2D eigenvalue weighted by atomic mass is 10.2. The SMILES string of the molecule is Cc1cc(Br)ccc1NC(=O)COc1ccc(F)cc1Cl. The van der Waals surface area contributed by atoms with E-state index in [4.69, 9.17) is 16.3 Å². The monoisotopic (exact) mass is 371 g/mol. The van der Waals surface area contributed by atoms with Crippen molar-refractivity contribution in [3.63, 3.8) is 0 Å². The number of rotatable bonds is 4. The molecule has 0 unspecified atom stereocenters. The summed E-state index contributed by atoms with van der Waals surface area (Å²) < 4.78 is 19.1. The summed E-state index contributed by atoms with van der Waals surface area (Å²) in [5, 5.41) is 2.86. The fourth-order valence-electron chi connectivity index (χ4n) is 1.69. The number of nitrogens with one attached hydrogen (secondary N) is 1. The van der Waals surface area contributed by atoms with Crippen LogP contribution in [0.1, 0.15) is 5.56 Å². The Morgan fingerprint density at radius 1 is 1.33 bits per heavy atom. The van der Waals surface area contributed by atoms with Gasteiger partial charge in [0, 0.05) is 10.2 Å². The molecule has 2 aromatic rings. The number of ether oxygens (including phenoxy) is 1. The highest BCUT2D eigenvalue weighted by molar-refractivity contribution is 9.10. The van der Waals surface area contributed by atoms with Crippen molar-refractivity contribution in [3.8, 4) is 5.75 Å². The molecular formula is C15H12BrClFNO2. The van der Waals surface area contributed by atoms with Crippen LogP contribution in [0.3, 0.4) is 0 Å². The zero-order valence-corrected chi connectivity index (χ0v) is 13.5. The number of carbonyl (C=O) groups excluding carboxylic acids is 1. The lowest BCUT2D eigenvalue weighted by Gasteiger charge is -2.10. The predicted octanol–water partition coefficient (Wildman–Crippen LogP) is 4.57. The molecule has 0 aromatic heterocycles. The predicted molar refractivity (Wildman–Crippen MR) is 84.4 cm³/mol. The first-order chi connectivity index (χ1) is 9.95. The molecule has 1 N–H and O–H groups in total. The summed E-state index contributed by atoms with van der Waals surface area (Å²) in [6.45, 7) is 1.68. The molecule has 0 aliphatic carbocycles. The summed E-state index contributed by atoms with van der Waals surface area (Å²) in [4.78, 5) is 11.8. The Kier molecular flexibility index (Phi) is 5.20. The molecule has 0 bridgehead atoms. The lowest BCUT2D eigenvalue weighted by molar-refractivity contribution is -0.118. The van der Waals surface area contributed by atoms with E-state index >= 15 is 0 Å². The molecule has 0 spiro atoms. The molecule has 2 rings (SSSR count). The average molecular weight is 373 g/mol. The zero-order valence-electron chi connectivity index (χ0n) is 11.1. The van der Waals surface area contributed by atoms with Crippen LogP contribution < -0.4 is 10.1 Å². The van der Waals surface area contributed by atoms with E-state index in [1.54, 1.807) is 6.07 Å². The average Bonchev–Trinajstić information content (AvgIpc) is 2.41. The molecule has 6 heteroatoms. The van der Waals surface area contributed by atoms with Crippen LogP contribution in [0.4, 0.5) is 10.1 Å². The van der Waals surface area contributed by atoms with Gasteiger partial charge in [0.15, 0.2) is 6.61 Å². The van der Waals surface area contributed by atoms with Gasteiger partial charge in [-0.1, -0.05) is 27.5 Å². The van der Waals surface area contributed by atoms with E-state index in [-0.39, 0.29) is 23.3 Å². The summed E-state index contributed by atoms with van der Waals surface area (Å²) in [5.41, 5.74) is 1.63. The van der Waals surface area contributed by atoms with Gasteiger partial charge in [-0.2, -0.15) is 0 Å². The maximum Gasteiger partial charge on any atom is 0.262 e. The van der Waals surface area contributed by atoms with E-state index < -0.39 is 5.82 Å². The standard InChI is InChI=1S/C15H12BrClFNO2/c1-9-6-10(16)2-4-13(9)19-15(20)8-21-14-5-3-11(18)7-12(14)17/h2-7H,8H2,1H3,(H,19,20). The van der Waals surface area contributed by atoms with Crippen molar-refractivity contribution >= 4 is 39.1 Å². The van der Waals surface area contributed by atoms with Crippen LogP contribution in [0, 0.1) is 12.7 Å². The van der Waals surface area contributed by atoms with Crippen molar-refractivity contribution < 1.29 is 13.9 Å². The van der Waals surface area contributed by atoms with Crippen LogP contribution in [-0.4, -0.2) is 12.5 Å². The molecule has 0 radical (unpaired) electrons. The third-order valence-corrected chi connectivity index (χ3v) is 3.50. The van der Waals surface area contributed by atoms with Crippen molar-refractivity contribution in [3.05, 3.63) is 57.3 Å². The minimum Gasteiger partial charge on any atom is -0.482 e. The summed E-state index contributed by atoms with van der Waals surface area (Å²) >= 11 is 9.17. The highest BCUT2D eigenvalue weighted by Gasteiger charge is 2.08. The molecule has 0 aliphatic heterocycles. The van der Waals surface area contributed by atoms with E-state index in [1.165, 1.54) is 12.1 Å². The summed E-state index contributed by atoms with van der Waals surface area (Å²) in [5.74, 6) is -0.510. The number of aryl methyl sites for hydroxylation is 1. The molecule has 3 nitrogen and oxygen atoms in total. The first kappa shape index (κ1) is 15.8. The molecule has 2 aromatic carbocycles. The number of anilines is 1. The smallest absolute Gasteiger partial charge is 0.262 e. The molecular weight excluding hydrogens is 361 g/mol. The second-order valence-electron chi connectivity index (χ2n) is 4.37. The summed E-state index contributed by atoms with van der Waals surface area (Å²) in [6, 6.07) is 9.26. The van der Waals surface area contributed by atoms with E-state index in [1.807, 2.05) is 19.1 Å². The fourth-order valence-corrected chi connectivity index (χ4v) is 2.39. The quantitative estimate of drug-likeness (QED) is 0.854. The normalized spacial score (nSPS) is 10.3. The molecule has 0 aliphatic rings. The number of halogens is 3. The van der Waals surface area contributed by atoms with Crippen molar-refractivity contribution in [2.75, 3.05) is 11.9 Å². The third-order valence-electron chi connectivity index (χ3n) is 2.72. The zero-order chi connectivity index (χ0) is 15.4. The Morgan fingerprint density at radius 2 is 2.10 bits per heavy atom. The van der Waals surface area contributed by atoms with Gasteiger partial charge in [-0.15, -0.1) is 0 Å². The topological polar surface area (TPSA) is 38.3 Å². The van der Waals surface area contributed by atoms with Gasteiger partial charge in [0.1, 0.15) is 11.6 Å².